The molecule has 1 aromatic heterocycles. The zero-order valence-electron chi connectivity index (χ0n) is 11.0. The molecule has 1 aromatic carbocycles. The Kier molecular flexibility index (Phi) is 2.39. The standard InChI is InChI=1S/C16H19NOS/c17-10-15(16(18)4-1-2-5-16)9-12-7-11-3-6-19-14(11)8-13(12)15/h3,6-8,18H,1-2,4-5,9-10,17H2. The molecule has 1 fully saturated rings. The van der Waals surface area contributed by atoms with Crippen LogP contribution in [0.4, 0.5) is 0 Å². The molecule has 2 aliphatic rings. The molecule has 2 aliphatic carbocycles. The maximum absolute atomic E-state index is 11.1. The summed E-state index contributed by atoms with van der Waals surface area (Å²) in [7, 11) is 0. The molecule has 1 atom stereocenters. The molecular formula is C16H19NOS. The van der Waals surface area contributed by atoms with Crippen molar-refractivity contribution in [3.63, 3.8) is 0 Å². The lowest BCUT2D eigenvalue weighted by Crippen LogP contribution is -2.60. The van der Waals surface area contributed by atoms with E-state index in [0.717, 1.165) is 32.1 Å². The van der Waals surface area contributed by atoms with Crippen molar-refractivity contribution < 1.29 is 5.11 Å². The van der Waals surface area contributed by atoms with Crippen LogP contribution in [0.25, 0.3) is 10.1 Å². The Balaban J connectivity index is 1.87. The summed E-state index contributed by atoms with van der Waals surface area (Å²) in [6.45, 7) is 0.563. The molecule has 1 saturated carbocycles. The molecule has 0 bridgehead atoms. The van der Waals surface area contributed by atoms with Gasteiger partial charge >= 0.3 is 0 Å². The number of hydrogen-bond acceptors (Lipinski definition) is 3. The Hall–Kier alpha value is -0.900. The first kappa shape index (κ1) is 11.9. The summed E-state index contributed by atoms with van der Waals surface area (Å²) >= 11 is 1.77. The van der Waals surface area contributed by atoms with Crippen molar-refractivity contribution in [1.82, 2.24) is 0 Å². The molecule has 1 heterocycles. The van der Waals surface area contributed by atoms with Gasteiger partial charge in [0.05, 0.1) is 5.60 Å². The Bertz CT molecular complexity index is 641. The Morgan fingerprint density at radius 2 is 2.05 bits per heavy atom. The zero-order valence-corrected chi connectivity index (χ0v) is 11.8. The summed E-state index contributed by atoms with van der Waals surface area (Å²) in [6.07, 6.45) is 5.03. The van der Waals surface area contributed by atoms with Crippen LogP contribution in [0.2, 0.25) is 0 Å². The van der Waals surface area contributed by atoms with Crippen LogP contribution >= 0.6 is 11.3 Å². The second-order valence-electron chi connectivity index (χ2n) is 6.17. The van der Waals surface area contributed by atoms with Gasteiger partial charge in [-0.3, -0.25) is 0 Å². The molecule has 100 valence electrons. The first-order valence-electron chi connectivity index (χ1n) is 7.12. The van der Waals surface area contributed by atoms with Gasteiger partial charge in [0.2, 0.25) is 0 Å². The van der Waals surface area contributed by atoms with Gasteiger partial charge in [-0.2, -0.15) is 0 Å². The molecule has 0 saturated heterocycles. The van der Waals surface area contributed by atoms with Crippen LogP contribution in [-0.4, -0.2) is 17.3 Å². The monoisotopic (exact) mass is 273 g/mol. The van der Waals surface area contributed by atoms with Gasteiger partial charge in [-0.05, 0) is 59.4 Å². The van der Waals surface area contributed by atoms with E-state index in [1.807, 2.05) is 0 Å². The Labute approximate surface area is 117 Å². The van der Waals surface area contributed by atoms with E-state index in [2.05, 4.69) is 23.6 Å². The van der Waals surface area contributed by atoms with Crippen LogP contribution < -0.4 is 5.73 Å². The van der Waals surface area contributed by atoms with Crippen LogP contribution in [0.15, 0.2) is 23.6 Å². The third-order valence-electron chi connectivity index (χ3n) is 5.36. The van der Waals surface area contributed by atoms with E-state index in [-0.39, 0.29) is 5.41 Å². The van der Waals surface area contributed by atoms with Gasteiger partial charge in [-0.15, -0.1) is 11.3 Å². The number of nitrogens with two attached hydrogens (primary N) is 1. The lowest BCUT2D eigenvalue weighted by Gasteiger charge is -2.53. The van der Waals surface area contributed by atoms with E-state index in [1.54, 1.807) is 11.3 Å². The van der Waals surface area contributed by atoms with Crippen molar-refractivity contribution in [3.8, 4) is 0 Å². The van der Waals surface area contributed by atoms with Crippen LogP contribution in [0.3, 0.4) is 0 Å². The van der Waals surface area contributed by atoms with Crippen molar-refractivity contribution in [2.75, 3.05) is 6.54 Å². The topological polar surface area (TPSA) is 46.2 Å². The molecular weight excluding hydrogens is 254 g/mol. The molecule has 3 heteroatoms. The predicted octanol–water partition coefficient (Wildman–Crippen LogP) is 2.96. The maximum atomic E-state index is 11.1. The average molecular weight is 273 g/mol. The van der Waals surface area contributed by atoms with E-state index in [1.165, 1.54) is 21.2 Å². The number of thiophene rings is 1. The number of hydrogen-bond donors (Lipinski definition) is 2. The van der Waals surface area contributed by atoms with Gasteiger partial charge in [0.25, 0.3) is 0 Å². The molecule has 0 spiro atoms. The third-order valence-corrected chi connectivity index (χ3v) is 6.24. The fourth-order valence-corrected chi connectivity index (χ4v) is 5.00. The highest BCUT2D eigenvalue weighted by atomic mass is 32.1. The van der Waals surface area contributed by atoms with Crippen molar-refractivity contribution in [2.24, 2.45) is 5.73 Å². The van der Waals surface area contributed by atoms with E-state index < -0.39 is 5.60 Å². The molecule has 19 heavy (non-hydrogen) atoms. The minimum Gasteiger partial charge on any atom is -0.389 e. The highest BCUT2D eigenvalue weighted by Gasteiger charge is 2.57. The molecule has 0 radical (unpaired) electrons. The van der Waals surface area contributed by atoms with E-state index in [9.17, 15) is 5.11 Å². The quantitative estimate of drug-likeness (QED) is 0.883. The average Bonchev–Trinajstić information content (AvgIpc) is 3.01. The summed E-state index contributed by atoms with van der Waals surface area (Å²) in [5.41, 5.74) is 8.06. The van der Waals surface area contributed by atoms with Crippen LogP contribution in [0, 0.1) is 0 Å². The minimum absolute atomic E-state index is 0.184. The lowest BCUT2D eigenvalue weighted by atomic mass is 9.54. The fraction of sp³-hybridized carbons (Fsp3) is 0.500. The maximum Gasteiger partial charge on any atom is 0.0759 e. The van der Waals surface area contributed by atoms with Crippen molar-refractivity contribution in [1.29, 1.82) is 0 Å². The van der Waals surface area contributed by atoms with Crippen LogP contribution in [0.5, 0.6) is 0 Å². The van der Waals surface area contributed by atoms with Crippen LogP contribution in [0.1, 0.15) is 36.8 Å². The summed E-state index contributed by atoms with van der Waals surface area (Å²) in [4.78, 5) is 0. The molecule has 1 unspecified atom stereocenters. The number of aliphatic hydroxyl groups is 1. The van der Waals surface area contributed by atoms with E-state index >= 15 is 0 Å². The second kappa shape index (κ2) is 3.81. The zero-order chi connectivity index (χ0) is 13.1. The normalized spacial score (nSPS) is 28.3. The molecule has 4 rings (SSSR count). The summed E-state index contributed by atoms with van der Waals surface area (Å²) in [5.74, 6) is 0. The van der Waals surface area contributed by atoms with Gasteiger partial charge in [0.15, 0.2) is 0 Å². The van der Waals surface area contributed by atoms with Gasteiger partial charge in [0.1, 0.15) is 0 Å². The van der Waals surface area contributed by atoms with Crippen molar-refractivity contribution in [3.05, 3.63) is 34.7 Å². The summed E-state index contributed by atoms with van der Waals surface area (Å²) in [5, 5.41) is 14.5. The Morgan fingerprint density at radius 3 is 2.79 bits per heavy atom. The summed E-state index contributed by atoms with van der Waals surface area (Å²) < 4.78 is 1.32. The summed E-state index contributed by atoms with van der Waals surface area (Å²) in [6, 6.07) is 6.74. The van der Waals surface area contributed by atoms with Gasteiger partial charge in [-0.25, -0.2) is 0 Å². The van der Waals surface area contributed by atoms with E-state index in [4.69, 9.17) is 5.73 Å². The van der Waals surface area contributed by atoms with Crippen molar-refractivity contribution >= 4 is 21.4 Å². The third kappa shape index (κ3) is 1.38. The number of fused-ring (bicyclic) bond motifs is 2. The van der Waals surface area contributed by atoms with E-state index in [0.29, 0.717) is 6.54 Å². The van der Waals surface area contributed by atoms with Gasteiger partial charge < -0.3 is 10.8 Å². The fourth-order valence-electron chi connectivity index (χ4n) is 4.19. The minimum atomic E-state index is -0.570. The van der Waals surface area contributed by atoms with Gasteiger partial charge in [-0.1, -0.05) is 12.8 Å². The largest absolute Gasteiger partial charge is 0.389 e. The molecule has 2 nitrogen and oxygen atoms in total. The lowest BCUT2D eigenvalue weighted by molar-refractivity contribution is -0.0423. The van der Waals surface area contributed by atoms with Gasteiger partial charge in [0, 0.05) is 16.7 Å². The molecule has 3 N–H and O–H groups in total. The molecule has 2 aromatic rings. The van der Waals surface area contributed by atoms with Crippen molar-refractivity contribution in [2.45, 2.75) is 43.1 Å². The SMILES string of the molecule is NCC1(C2(O)CCCC2)Cc2cc3ccsc3cc21. The highest BCUT2D eigenvalue weighted by Crippen LogP contribution is 2.54. The number of benzene rings is 1. The van der Waals surface area contributed by atoms with Crippen LogP contribution in [-0.2, 0) is 11.8 Å². The molecule has 0 aliphatic heterocycles. The first-order chi connectivity index (χ1) is 9.18. The second-order valence-corrected chi connectivity index (χ2v) is 7.12. The molecule has 0 amide bonds. The Morgan fingerprint density at radius 1 is 1.26 bits per heavy atom. The first-order valence-corrected chi connectivity index (χ1v) is 8.00. The smallest absolute Gasteiger partial charge is 0.0759 e. The predicted molar refractivity (Wildman–Crippen MR) is 79.7 cm³/mol. The number of rotatable bonds is 2. The highest BCUT2D eigenvalue weighted by molar-refractivity contribution is 7.17.